The Morgan fingerprint density at radius 2 is 2.00 bits per heavy atom. The highest BCUT2D eigenvalue weighted by Gasteiger charge is 2.19. The zero-order valence-electron chi connectivity index (χ0n) is 10.2. The Labute approximate surface area is 97.2 Å². The SMILES string of the molecule is COC(C)(C)CCC(O)c1ccccc1N. The Balaban J connectivity index is 2.60. The molecule has 0 aliphatic carbocycles. The highest BCUT2D eigenvalue weighted by molar-refractivity contribution is 5.47. The molecule has 0 aliphatic heterocycles. The van der Waals surface area contributed by atoms with Crippen molar-refractivity contribution in [3.8, 4) is 0 Å². The maximum absolute atomic E-state index is 10.0. The fourth-order valence-corrected chi connectivity index (χ4v) is 1.56. The molecule has 3 nitrogen and oxygen atoms in total. The summed E-state index contributed by atoms with van der Waals surface area (Å²) in [6.07, 6.45) is 0.921. The fourth-order valence-electron chi connectivity index (χ4n) is 1.56. The van der Waals surface area contributed by atoms with Gasteiger partial charge in [-0.2, -0.15) is 0 Å². The summed E-state index contributed by atoms with van der Waals surface area (Å²) in [6.45, 7) is 4.02. The van der Waals surface area contributed by atoms with E-state index in [1.54, 1.807) is 13.2 Å². The van der Waals surface area contributed by atoms with Gasteiger partial charge in [-0.3, -0.25) is 0 Å². The van der Waals surface area contributed by atoms with E-state index in [2.05, 4.69) is 0 Å². The molecule has 0 aromatic heterocycles. The molecule has 0 aliphatic rings. The van der Waals surface area contributed by atoms with Crippen molar-refractivity contribution < 1.29 is 9.84 Å². The third-order valence-corrected chi connectivity index (χ3v) is 2.93. The van der Waals surface area contributed by atoms with E-state index in [0.29, 0.717) is 12.1 Å². The predicted molar refractivity (Wildman–Crippen MR) is 66.1 cm³/mol. The molecule has 0 amide bonds. The summed E-state index contributed by atoms with van der Waals surface area (Å²) in [5, 5.41) is 10.0. The van der Waals surface area contributed by atoms with Gasteiger partial charge in [0, 0.05) is 18.4 Å². The molecule has 0 saturated heterocycles. The van der Waals surface area contributed by atoms with E-state index in [1.165, 1.54) is 0 Å². The number of nitrogens with two attached hydrogens (primary N) is 1. The first-order chi connectivity index (χ1) is 7.46. The lowest BCUT2D eigenvalue weighted by molar-refractivity contribution is 0.00285. The molecule has 3 heteroatoms. The molecular weight excluding hydrogens is 202 g/mol. The topological polar surface area (TPSA) is 55.5 Å². The number of hydrogen-bond acceptors (Lipinski definition) is 3. The minimum Gasteiger partial charge on any atom is -0.398 e. The number of methoxy groups -OCH3 is 1. The normalized spacial score (nSPS) is 13.8. The van der Waals surface area contributed by atoms with Gasteiger partial charge in [-0.15, -0.1) is 0 Å². The van der Waals surface area contributed by atoms with E-state index in [-0.39, 0.29) is 5.60 Å². The molecule has 1 aromatic carbocycles. The lowest BCUT2D eigenvalue weighted by Crippen LogP contribution is -2.23. The number of para-hydroxylation sites is 1. The van der Waals surface area contributed by atoms with Gasteiger partial charge in [-0.25, -0.2) is 0 Å². The number of aliphatic hydroxyl groups is 1. The average molecular weight is 223 g/mol. The molecule has 0 heterocycles. The van der Waals surface area contributed by atoms with Gasteiger partial charge in [0.2, 0.25) is 0 Å². The quantitative estimate of drug-likeness (QED) is 0.754. The second kappa shape index (κ2) is 5.32. The minimum absolute atomic E-state index is 0.204. The molecule has 0 saturated carbocycles. The summed E-state index contributed by atoms with van der Waals surface area (Å²) in [5.74, 6) is 0. The van der Waals surface area contributed by atoms with E-state index in [1.807, 2.05) is 32.0 Å². The van der Waals surface area contributed by atoms with Gasteiger partial charge in [-0.1, -0.05) is 18.2 Å². The van der Waals surface area contributed by atoms with Crippen LogP contribution in [0.5, 0.6) is 0 Å². The second-order valence-corrected chi connectivity index (χ2v) is 4.65. The van der Waals surface area contributed by atoms with Gasteiger partial charge in [0.1, 0.15) is 0 Å². The molecule has 1 aromatic rings. The lowest BCUT2D eigenvalue weighted by atomic mass is 9.96. The molecule has 0 fully saturated rings. The lowest BCUT2D eigenvalue weighted by Gasteiger charge is -2.24. The molecule has 16 heavy (non-hydrogen) atoms. The minimum atomic E-state index is -0.518. The Bertz CT molecular complexity index is 336. The standard InChI is InChI=1S/C13H21NO2/c1-13(2,16-3)9-8-12(15)10-6-4-5-7-11(10)14/h4-7,12,15H,8-9,14H2,1-3H3. The maximum Gasteiger partial charge on any atom is 0.0811 e. The molecule has 1 unspecified atom stereocenters. The molecule has 1 atom stereocenters. The maximum atomic E-state index is 10.0. The predicted octanol–water partition coefficient (Wildman–Crippen LogP) is 2.51. The van der Waals surface area contributed by atoms with Crippen LogP contribution in [0.3, 0.4) is 0 Å². The third kappa shape index (κ3) is 3.51. The van der Waals surface area contributed by atoms with Gasteiger partial charge in [0.05, 0.1) is 11.7 Å². The zero-order chi connectivity index (χ0) is 12.2. The molecule has 1 rings (SSSR count). The number of ether oxygens (including phenoxy) is 1. The number of nitrogen functional groups attached to an aromatic ring is 1. The van der Waals surface area contributed by atoms with Crippen LogP contribution >= 0.6 is 0 Å². The van der Waals surface area contributed by atoms with Crippen LogP contribution in [-0.4, -0.2) is 17.8 Å². The smallest absolute Gasteiger partial charge is 0.0811 e. The van der Waals surface area contributed by atoms with Crippen molar-refractivity contribution in [3.05, 3.63) is 29.8 Å². The summed E-state index contributed by atoms with van der Waals surface area (Å²) in [4.78, 5) is 0. The first-order valence-corrected chi connectivity index (χ1v) is 5.54. The van der Waals surface area contributed by atoms with Crippen LogP contribution in [0.25, 0.3) is 0 Å². The highest BCUT2D eigenvalue weighted by atomic mass is 16.5. The van der Waals surface area contributed by atoms with Crippen LogP contribution in [0.15, 0.2) is 24.3 Å². The highest BCUT2D eigenvalue weighted by Crippen LogP contribution is 2.27. The van der Waals surface area contributed by atoms with Gasteiger partial charge in [0.15, 0.2) is 0 Å². The Hall–Kier alpha value is -1.06. The second-order valence-electron chi connectivity index (χ2n) is 4.65. The first kappa shape index (κ1) is 13.0. The fraction of sp³-hybridized carbons (Fsp3) is 0.538. The van der Waals surface area contributed by atoms with Crippen LogP contribution in [-0.2, 0) is 4.74 Å². The summed E-state index contributed by atoms with van der Waals surface area (Å²) in [7, 11) is 1.68. The molecule has 0 radical (unpaired) electrons. The summed E-state index contributed by atoms with van der Waals surface area (Å²) < 4.78 is 5.31. The molecular formula is C13H21NO2. The van der Waals surface area contributed by atoms with Gasteiger partial charge in [0.25, 0.3) is 0 Å². The molecule has 0 bridgehead atoms. The number of benzene rings is 1. The number of rotatable bonds is 5. The van der Waals surface area contributed by atoms with Crippen LogP contribution in [0, 0.1) is 0 Å². The third-order valence-electron chi connectivity index (χ3n) is 2.93. The van der Waals surface area contributed by atoms with Crippen molar-refractivity contribution in [1.82, 2.24) is 0 Å². The number of anilines is 1. The first-order valence-electron chi connectivity index (χ1n) is 5.54. The molecule has 90 valence electrons. The van der Waals surface area contributed by atoms with E-state index in [0.717, 1.165) is 12.0 Å². The summed E-state index contributed by atoms with van der Waals surface area (Å²) in [6, 6.07) is 7.42. The van der Waals surface area contributed by atoms with Crippen LogP contribution in [0.4, 0.5) is 5.69 Å². The zero-order valence-corrected chi connectivity index (χ0v) is 10.2. The van der Waals surface area contributed by atoms with Crippen molar-refractivity contribution >= 4 is 5.69 Å². The summed E-state index contributed by atoms with van der Waals surface area (Å²) in [5.41, 5.74) is 7.04. The Kier molecular flexibility index (Phi) is 4.33. The van der Waals surface area contributed by atoms with Crippen LogP contribution < -0.4 is 5.73 Å². The van der Waals surface area contributed by atoms with E-state index in [9.17, 15) is 5.11 Å². The van der Waals surface area contributed by atoms with Gasteiger partial charge >= 0.3 is 0 Å². The monoisotopic (exact) mass is 223 g/mol. The van der Waals surface area contributed by atoms with Crippen molar-refractivity contribution in [2.45, 2.75) is 38.4 Å². The average Bonchev–Trinajstić information content (AvgIpc) is 2.27. The molecule has 0 spiro atoms. The summed E-state index contributed by atoms with van der Waals surface area (Å²) >= 11 is 0. The van der Waals surface area contributed by atoms with Gasteiger partial charge in [-0.05, 0) is 32.8 Å². The van der Waals surface area contributed by atoms with E-state index < -0.39 is 6.10 Å². The number of hydrogen-bond donors (Lipinski definition) is 2. The van der Waals surface area contributed by atoms with Gasteiger partial charge < -0.3 is 15.6 Å². The Morgan fingerprint density at radius 3 is 2.56 bits per heavy atom. The van der Waals surface area contributed by atoms with Crippen molar-refractivity contribution in [2.24, 2.45) is 0 Å². The molecule has 3 N–H and O–H groups in total. The Morgan fingerprint density at radius 1 is 1.38 bits per heavy atom. The van der Waals surface area contributed by atoms with Crippen LogP contribution in [0.1, 0.15) is 38.4 Å². The van der Waals surface area contributed by atoms with Crippen molar-refractivity contribution in [3.63, 3.8) is 0 Å². The number of aliphatic hydroxyl groups excluding tert-OH is 1. The van der Waals surface area contributed by atoms with Crippen LogP contribution in [0.2, 0.25) is 0 Å². The largest absolute Gasteiger partial charge is 0.398 e. The van der Waals surface area contributed by atoms with Crippen molar-refractivity contribution in [1.29, 1.82) is 0 Å². The van der Waals surface area contributed by atoms with Crippen molar-refractivity contribution in [2.75, 3.05) is 12.8 Å². The van der Waals surface area contributed by atoms with E-state index >= 15 is 0 Å². The van der Waals surface area contributed by atoms with E-state index in [4.69, 9.17) is 10.5 Å².